The van der Waals surface area contributed by atoms with E-state index in [4.69, 9.17) is 0 Å². The molecular weight excluding hydrogens is 280 g/mol. The summed E-state index contributed by atoms with van der Waals surface area (Å²) in [4.78, 5) is 10.5. The Morgan fingerprint density at radius 2 is 1.90 bits per heavy atom. The third kappa shape index (κ3) is 4.43. The van der Waals surface area contributed by atoms with Crippen LogP contribution in [0, 0.1) is 6.92 Å². The van der Waals surface area contributed by atoms with Crippen LogP contribution in [0.3, 0.4) is 0 Å². The summed E-state index contributed by atoms with van der Waals surface area (Å²) in [6.45, 7) is 10.3. The second-order valence-corrected chi connectivity index (χ2v) is 6.46. The maximum Gasteiger partial charge on any atom is 0.135 e. The average Bonchev–Trinajstić information content (AvgIpc) is 2.88. The Morgan fingerprint density at radius 3 is 2.48 bits per heavy atom. The monoisotopic (exact) mass is 304 g/mol. The van der Waals surface area contributed by atoms with E-state index in [2.05, 4.69) is 59.7 Å². The Morgan fingerprint density at radius 1 is 1.19 bits per heavy atom. The van der Waals surface area contributed by atoms with Crippen molar-refractivity contribution < 1.29 is 0 Å². The van der Waals surface area contributed by atoms with Crippen LogP contribution in [-0.2, 0) is 6.54 Å². The lowest BCUT2D eigenvalue weighted by Crippen LogP contribution is -2.09. The molecule has 5 heteroatoms. The fourth-order valence-corrected chi connectivity index (χ4v) is 2.76. The van der Waals surface area contributed by atoms with Crippen molar-refractivity contribution in [2.24, 2.45) is 0 Å². The highest BCUT2D eigenvalue weighted by molar-refractivity contribution is 7.10. The highest BCUT2D eigenvalue weighted by Gasteiger charge is 2.08. The predicted molar refractivity (Wildman–Crippen MR) is 91.3 cm³/mol. The van der Waals surface area contributed by atoms with Gasteiger partial charge in [0.15, 0.2) is 0 Å². The first kappa shape index (κ1) is 15.8. The molecule has 0 saturated carbocycles. The Bertz CT molecular complexity index is 577. The zero-order valence-corrected chi connectivity index (χ0v) is 14.0. The standard InChI is InChI=1S/C16H24N4S/c1-5-7-17-14-9-15(20-16(19-14)11(2)3)18-10-13-12(4)6-8-21-13/h6,8-9,11H,5,7,10H2,1-4H3,(H2,17,18,19,20). The second-order valence-electron chi connectivity index (χ2n) is 5.46. The first-order chi connectivity index (χ1) is 10.1. The molecule has 0 unspecified atom stereocenters. The molecule has 0 radical (unpaired) electrons. The van der Waals surface area contributed by atoms with Crippen LogP contribution in [0.1, 0.15) is 49.4 Å². The molecule has 2 N–H and O–H groups in total. The summed E-state index contributed by atoms with van der Waals surface area (Å²) in [5.74, 6) is 2.99. The zero-order chi connectivity index (χ0) is 15.2. The number of hydrogen-bond acceptors (Lipinski definition) is 5. The number of rotatable bonds is 7. The van der Waals surface area contributed by atoms with Gasteiger partial charge in [-0.25, -0.2) is 9.97 Å². The van der Waals surface area contributed by atoms with Crippen LogP contribution in [0.5, 0.6) is 0 Å². The summed E-state index contributed by atoms with van der Waals surface area (Å²) in [6, 6.07) is 4.14. The summed E-state index contributed by atoms with van der Waals surface area (Å²) < 4.78 is 0. The summed E-state index contributed by atoms with van der Waals surface area (Å²) in [5, 5.41) is 8.89. The molecule has 21 heavy (non-hydrogen) atoms. The van der Waals surface area contributed by atoms with E-state index in [1.54, 1.807) is 11.3 Å². The third-order valence-corrected chi connectivity index (χ3v) is 4.24. The van der Waals surface area contributed by atoms with Gasteiger partial charge in [-0.05, 0) is 30.4 Å². The molecule has 0 fully saturated rings. The van der Waals surface area contributed by atoms with Crippen molar-refractivity contribution >= 4 is 23.0 Å². The molecule has 0 aliphatic carbocycles. The fraction of sp³-hybridized carbons (Fsp3) is 0.500. The van der Waals surface area contributed by atoms with Gasteiger partial charge in [-0.15, -0.1) is 11.3 Å². The van der Waals surface area contributed by atoms with E-state index in [0.717, 1.165) is 37.0 Å². The molecular formula is C16H24N4S. The molecule has 2 heterocycles. The molecule has 0 amide bonds. The van der Waals surface area contributed by atoms with Crippen LogP contribution >= 0.6 is 11.3 Å². The van der Waals surface area contributed by atoms with Gasteiger partial charge in [-0.2, -0.15) is 0 Å². The Kier molecular flexibility index (Phi) is 5.56. The lowest BCUT2D eigenvalue weighted by Gasteiger charge is -2.12. The predicted octanol–water partition coefficient (Wildman–Crippen LogP) is 4.40. The van der Waals surface area contributed by atoms with Gasteiger partial charge in [0.2, 0.25) is 0 Å². The minimum Gasteiger partial charge on any atom is -0.370 e. The van der Waals surface area contributed by atoms with E-state index in [1.807, 2.05) is 6.07 Å². The summed E-state index contributed by atoms with van der Waals surface area (Å²) in [5.41, 5.74) is 1.33. The molecule has 0 spiro atoms. The van der Waals surface area contributed by atoms with Crippen LogP contribution in [0.25, 0.3) is 0 Å². The van der Waals surface area contributed by atoms with E-state index in [9.17, 15) is 0 Å². The van der Waals surface area contributed by atoms with Crippen LogP contribution in [0.4, 0.5) is 11.6 Å². The van der Waals surface area contributed by atoms with Crippen molar-refractivity contribution in [3.63, 3.8) is 0 Å². The van der Waals surface area contributed by atoms with Crippen molar-refractivity contribution in [3.8, 4) is 0 Å². The van der Waals surface area contributed by atoms with Crippen molar-refractivity contribution in [2.45, 2.75) is 46.6 Å². The second kappa shape index (κ2) is 7.41. The third-order valence-electron chi connectivity index (χ3n) is 3.21. The van der Waals surface area contributed by atoms with Gasteiger partial charge >= 0.3 is 0 Å². The smallest absolute Gasteiger partial charge is 0.135 e. The molecule has 0 saturated heterocycles. The van der Waals surface area contributed by atoms with Crippen LogP contribution < -0.4 is 10.6 Å². The lowest BCUT2D eigenvalue weighted by molar-refractivity contribution is 0.774. The molecule has 2 aromatic rings. The maximum atomic E-state index is 4.61. The van der Waals surface area contributed by atoms with Gasteiger partial charge in [-0.1, -0.05) is 20.8 Å². The van der Waals surface area contributed by atoms with Gasteiger partial charge in [0.25, 0.3) is 0 Å². The molecule has 2 aromatic heterocycles. The van der Waals surface area contributed by atoms with E-state index in [0.29, 0.717) is 5.92 Å². The first-order valence-electron chi connectivity index (χ1n) is 7.49. The SMILES string of the molecule is CCCNc1cc(NCc2sccc2C)nc(C(C)C)n1. The minimum absolute atomic E-state index is 0.317. The largest absolute Gasteiger partial charge is 0.370 e. The maximum absolute atomic E-state index is 4.61. The Hall–Kier alpha value is -1.62. The average molecular weight is 304 g/mol. The van der Waals surface area contributed by atoms with Gasteiger partial charge in [0, 0.05) is 23.4 Å². The van der Waals surface area contributed by atoms with Crippen LogP contribution in [-0.4, -0.2) is 16.5 Å². The summed E-state index contributed by atoms with van der Waals surface area (Å²) in [7, 11) is 0. The fourth-order valence-electron chi connectivity index (χ4n) is 1.91. The minimum atomic E-state index is 0.317. The molecule has 0 aromatic carbocycles. The molecule has 0 bridgehead atoms. The molecule has 2 rings (SSSR count). The van der Waals surface area contributed by atoms with Crippen molar-refractivity contribution in [1.29, 1.82) is 0 Å². The highest BCUT2D eigenvalue weighted by Crippen LogP contribution is 2.20. The summed E-state index contributed by atoms with van der Waals surface area (Å²) in [6.07, 6.45) is 1.08. The number of nitrogens with one attached hydrogen (secondary N) is 2. The number of aryl methyl sites for hydroxylation is 1. The van der Waals surface area contributed by atoms with Crippen LogP contribution in [0.15, 0.2) is 17.5 Å². The molecule has 4 nitrogen and oxygen atoms in total. The number of anilines is 2. The van der Waals surface area contributed by atoms with Crippen molar-refractivity contribution in [3.05, 3.63) is 33.8 Å². The highest BCUT2D eigenvalue weighted by atomic mass is 32.1. The quantitative estimate of drug-likeness (QED) is 0.796. The van der Waals surface area contributed by atoms with Gasteiger partial charge in [-0.3, -0.25) is 0 Å². The molecule has 0 aliphatic heterocycles. The zero-order valence-electron chi connectivity index (χ0n) is 13.2. The van der Waals surface area contributed by atoms with Crippen molar-refractivity contribution in [1.82, 2.24) is 9.97 Å². The normalized spacial score (nSPS) is 10.9. The molecule has 114 valence electrons. The number of nitrogens with zero attached hydrogens (tertiary/aromatic N) is 2. The summed E-state index contributed by atoms with van der Waals surface area (Å²) >= 11 is 1.78. The van der Waals surface area contributed by atoms with Gasteiger partial charge < -0.3 is 10.6 Å². The van der Waals surface area contributed by atoms with E-state index < -0.39 is 0 Å². The first-order valence-corrected chi connectivity index (χ1v) is 8.37. The Labute approximate surface area is 131 Å². The lowest BCUT2D eigenvalue weighted by atomic mass is 10.2. The topological polar surface area (TPSA) is 49.8 Å². The van der Waals surface area contributed by atoms with E-state index in [1.165, 1.54) is 10.4 Å². The number of aromatic nitrogens is 2. The number of thiophene rings is 1. The van der Waals surface area contributed by atoms with Crippen molar-refractivity contribution in [2.75, 3.05) is 17.2 Å². The van der Waals surface area contributed by atoms with Crippen LogP contribution in [0.2, 0.25) is 0 Å². The van der Waals surface area contributed by atoms with Gasteiger partial charge in [0.1, 0.15) is 17.5 Å². The number of hydrogen-bond donors (Lipinski definition) is 2. The Balaban J connectivity index is 2.13. The molecule has 0 aliphatic rings. The van der Waals surface area contributed by atoms with Gasteiger partial charge in [0.05, 0.1) is 6.54 Å². The van der Waals surface area contributed by atoms with E-state index >= 15 is 0 Å². The molecule has 0 atom stereocenters. The van der Waals surface area contributed by atoms with E-state index in [-0.39, 0.29) is 0 Å².